The molecule has 0 spiro atoms. The van der Waals surface area contributed by atoms with Gasteiger partial charge in [0.1, 0.15) is 6.04 Å². The van der Waals surface area contributed by atoms with Crippen molar-refractivity contribution in [2.75, 3.05) is 24.6 Å². The third-order valence-corrected chi connectivity index (χ3v) is 3.88. The number of carbonyl (C=O) groups is 1. The zero-order valence-electron chi connectivity index (χ0n) is 10.2. The molecule has 7 heteroatoms. The number of aromatic nitrogens is 1. The lowest BCUT2D eigenvalue weighted by atomic mass is 10.2. The van der Waals surface area contributed by atoms with Crippen LogP contribution in [0.25, 0.3) is 0 Å². The van der Waals surface area contributed by atoms with Crippen LogP contribution >= 0.6 is 11.3 Å². The number of carboxylic acid groups (broad SMARTS) is 1. The van der Waals surface area contributed by atoms with E-state index < -0.39 is 12.0 Å². The van der Waals surface area contributed by atoms with Crippen LogP contribution in [0.3, 0.4) is 0 Å². The van der Waals surface area contributed by atoms with E-state index in [9.17, 15) is 4.79 Å². The molecule has 0 aromatic carbocycles. The molecule has 18 heavy (non-hydrogen) atoms. The molecule has 2 unspecified atom stereocenters. The van der Waals surface area contributed by atoms with Gasteiger partial charge >= 0.3 is 5.97 Å². The zero-order valence-corrected chi connectivity index (χ0v) is 11.0. The Balaban J connectivity index is 2.07. The summed E-state index contributed by atoms with van der Waals surface area (Å²) in [6.07, 6.45) is 1.18. The molecule has 1 aromatic rings. The minimum atomic E-state index is -1.06. The summed E-state index contributed by atoms with van der Waals surface area (Å²) in [6, 6.07) is -1.04. The van der Waals surface area contributed by atoms with E-state index in [1.54, 1.807) is 5.38 Å². The van der Waals surface area contributed by atoms with Crippen LogP contribution in [0.2, 0.25) is 0 Å². The van der Waals surface area contributed by atoms with Gasteiger partial charge < -0.3 is 20.5 Å². The molecule has 0 radical (unpaired) electrons. The van der Waals surface area contributed by atoms with Gasteiger partial charge in [-0.1, -0.05) is 6.92 Å². The van der Waals surface area contributed by atoms with Gasteiger partial charge in [0.05, 0.1) is 18.4 Å². The Hall–Kier alpha value is -1.18. The molecule has 1 aromatic heterocycles. The Labute approximate surface area is 109 Å². The molecule has 2 atom stereocenters. The van der Waals surface area contributed by atoms with E-state index in [0.717, 1.165) is 24.6 Å². The summed E-state index contributed by atoms with van der Waals surface area (Å²) >= 11 is 1.43. The van der Waals surface area contributed by atoms with E-state index in [1.165, 1.54) is 11.3 Å². The second-order valence-corrected chi connectivity index (χ2v) is 5.05. The van der Waals surface area contributed by atoms with Gasteiger partial charge in [-0.05, 0) is 6.42 Å². The SMILES string of the molecule is CCC1CN(c2nc(C(N)C(=O)O)cs2)CCO1. The standard InChI is InChI=1S/C11H17N3O3S/c1-2-7-5-14(3-4-17-7)11-13-8(6-18-11)9(12)10(15)16/h6-7,9H,2-5,12H2,1H3,(H,15,16). The Morgan fingerprint density at radius 1 is 1.83 bits per heavy atom. The maximum atomic E-state index is 10.8. The van der Waals surface area contributed by atoms with Crippen LogP contribution in [0, 0.1) is 0 Å². The maximum Gasteiger partial charge on any atom is 0.326 e. The van der Waals surface area contributed by atoms with Crippen LogP contribution in [0.4, 0.5) is 5.13 Å². The number of anilines is 1. The number of hydrogen-bond donors (Lipinski definition) is 2. The van der Waals surface area contributed by atoms with E-state index in [-0.39, 0.29) is 6.10 Å². The van der Waals surface area contributed by atoms with Crippen LogP contribution in [0.15, 0.2) is 5.38 Å². The molecule has 1 saturated heterocycles. The summed E-state index contributed by atoms with van der Waals surface area (Å²) in [7, 11) is 0. The van der Waals surface area contributed by atoms with Gasteiger partial charge in [0.25, 0.3) is 0 Å². The highest BCUT2D eigenvalue weighted by Gasteiger charge is 2.23. The van der Waals surface area contributed by atoms with Crippen molar-refractivity contribution in [1.29, 1.82) is 0 Å². The van der Waals surface area contributed by atoms with E-state index in [1.807, 2.05) is 0 Å². The third-order valence-electron chi connectivity index (χ3n) is 2.96. The summed E-state index contributed by atoms with van der Waals surface area (Å²) in [6.45, 7) is 4.34. The fourth-order valence-corrected chi connectivity index (χ4v) is 2.73. The van der Waals surface area contributed by atoms with Crippen molar-refractivity contribution in [1.82, 2.24) is 4.98 Å². The summed E-state index contributed by atoms with van der Waals surface area (Å²) in [5.41, 5.74) is 5.95. The number of hydrogen-bond acceptors (Lipinski definition) is 6. The number of thiazole rings is 1. The molecule has 100 valence electrons. The first-order chi connectivity index (χ1) is 8.61. The molecule has 0 aliphatic carbocycles. The minimum Gasteiger partial charge on any atom is -0.480 e. The largest absolute Gasteiger partial charge is 0.480 e. The highest BCUT2D eigenvalue weighted by atomic mass is 32.1. The van der Waals surface area contributed by atoms with E-state index in [4.69, 9.17) is 15.6 Å². The molecule has 0 saturated carbocycles. The van der Waals surface area contributed by atoms with Crippen molar-refractivity contribution in [3.05, 3.63) is 11.1 Å². The zero-order chi connectivity index (χ0) is 13.1. The first kappa shape index (κ1) is 13.3. The van der Waals surface area contributed by atoms with Crippen molar-refractivity contribution in [2.24, 2.45) is 5.73 Å². The molecule has 2 rings (SSSR count). The normalized spacial score (nSPS) is 21.9. The van der Waals surface area contributed by atoms with Crippen LogP contribution in [-0.4, -0.2) is 41.9 Å². The van der Waals surface area contributed by atoms with Crippen LogP contribution in [0.5, 0.6) is 0 Å². The van der Waals surface area contributed by atoms with Crippen molar-refractivity contribution in [2.45, 2.75) is 25.5 Å². The first-order valence-corrected chi connectivity index (χ1v) is 6.80. The second kappa shape index (κ2) is 5.64. The lowest BCUT2D eigenvalue weighted by molar-refractivity contribution is -0.138. The van der Waals surface area contributed by atoms with Gasteiger partial charge in [0.2, 0.25) is 0 Å². The highest BCUT2D eigenvalue weighted by Crippen LogP contribution is 2.25. The van der Waals surface area contributed by atoms with Crippen molar-refractivity contribution < 1.29 is 14.6 Å². The van der Waals surface area contributed by atoms with Gasteiger partial charge in [0, 0.05) is 18.5 Å². The minimum absolute atomic E-state index is 0.222. The summed E-state index contributed by atoms with van der Waals surface area (Å²) in [5.74, 6) is -1.06. The molecule has 0 bridgehead atoms. The van der Waals surface area contributed by atoms with E-state index >= 15 is 0 Å². The fourth-order valence-electron chi connectivity index (χ4n) is 1.83. The Bertz CT molecular complexity index is 423. The molecular formula is C11H17N3O3S. The number of aliphatic carboxylic acids is 1. The van der Waals surface area contributed by atoms with Gasteiger partial charge in [-0.15, -0.1) is 11.3 Å². The molecular weight excluding hydrogens is 254 g/mol. The molecule has 2 heterocycles. The number of ether oxygens (including phenoxy) is 1. The van der Waals surface area contributed by atoms with Gasteiger partial charge in [0.15, 0.2) is 5.13 Å². The second-order valence-electron chi connectivity index (χ2n) is 4.22. The number of rotatable bonds is 4. The topological polar surface area (TPSA) is 88.7 Å². The quantitative estimate of drug-likeness (QED) is 0.843. The Kier molecular flexibility index (Phi) is 4.15. The molecule has 1 fully saturated rings. The fraction of sp³-hybridized carbons (Fsp3) is 0.636. The Morgan fingerprint density at radius 2 is 2.61 bits per heavy atom. The predicted molar refractivity (Wildman–Crippen MR) is 68.9 cm³/mol. The lowest BCUT2D eigenvalue weighted by Gasteiger charge is -2.32. The number of carboxylic acids is 1. The lowest BCUT2D eigenvalue weighted by Crippen LogP contribution is -2.42. The van der Waals surface area contributed by atoms with Crippen molar-refractivity contribution in [3.8, 4) is 0 Å². The van der Waals surface area contributed by atoms with E-state index in [0.29, 0.717) is 12.3 Å². The van der Waals surface area contributed by atoms with Crippen LogP contribution in [-0.2, 0) is 9.53 Å². The molecule has 6 nitrogen and oxygen atoms in total. The highest BCUT2D eigenvalue weighted by molar-refractivity contribution is 7.13. The average Bonchev–Trinajstić information content (AvgIpc) is 2.87. The third kappa shape index (κ3) is 2.80. The van der Waals surface area contributed by atoms with Crippen molar-refractivity contribution in [3.63, 3.8) is 0 Å². The molecule has 1 aliphatic heterocycles. The van der Waals surface area contributed by atoms with Gasteiger partial charge in [-0.3, -0.25) is 4.79 Å². The van der Waals surface area contributed by atoms with Gasteiger partial charge in [-0.25, -0.2) is 4.98 Å². The molecule has 1 aliphatic rings. The van der Waals surface area contributed by atoms with Gasteiger partial charge in [-0.2, -0.15) is 0 Å². The van der Waals surface area contributed by atoms with Crippen molar-refractivity contribution >= 4 is 22.4 Å². The summed E-state index contributed by atoms with van der Waals surface area (Å²) in [5, 5.41) is 11.4. The Morgan fingerprint density at radius 3 is 3.28 bits per heavy atom. The van der Waals surface area contributed by atoms with Crippen LogP contribution < -0.4 is 10.6 Å². The summed E-state index contributed by atoms with van der Waals surface area (Å²) < 4.78 is 5.59. The number of nitrogens with zero attached hydrogens (tertiary/aromatic N) is 2. The number of nitrogens with two attached hydrogens (primary N) is 1. The van der Waals surface area contributed by atoms with E-state index in [2.05, 4.69) is 16.8 Å². The monoisotopic (exact) mass is 271 g/mol. The molecule has 3 N–H and O–H groups in total. The average molecular weight is 271 g/mol. The number of morpholine rings is 1. The predicted octanol–water partition coefficient (Wildman–Crippen LogP) is 0.843. The maximum absolute atomic E-state index is 10.8. The molecule has 0 amide bonds. The summed E-state index contributed by atoms with van der Waals surface area (Å²) in [4.78, 5) is 17.2. The first-order valence-electron chi connectivity index (χ1n) is 5.92. The smallest absolute Gasteiger partial charge is 0.326 e. The van der Waals surface area contributed by atoms with Crippen LogP contribution in [0.1, 0.15) is 25.1 Å².